The summed E-state index contributed by atoms with van der Waals surface area (Å²) in [4.78, 5) is 14.6. The van der Waals surface area contributed by atoms with E-state index in [1.165, 1.54) is 0 Å². The van der Waals surface area contributed by atoms with Crippen LogP contribution in [-0.4, -0.2) is 30.3 Å². The molecule has 3 rings (SSSR count). The first-order chi connectivity index (χ1) is 12.4. The number of rotatable bonds is 3. The Balaban J connectivity index is 1.93. The van der Waals surface area contributed by atoms with Crippen LogP contribution in [0.4, 0.5) is 4.79 Å². The van der Waals surface area contributed by atoms with Crippen LogP contribution in [0.15, 0.2) is 54.6 Å². The summed E-state index contributed by atoms with van der Waals surface area (Å²) in [6.07, 6.45) is -0.884. The maximum Gasteiger partial charge on any atom is 0.413 e. The molecule has 1 aliphatic heterocycles. The molecule has 0 aliphatic carbocycles. The second-order valence-corrected chi connectivity index (χ2v) is 7.27. The van der Waals surface area contributed by atoms with Gasteiger partial charge in [-0.15, -0.1) is 0 Å². The van der Waals surface area contributed by atoms with E-state index in [0.717, 1.165) is 16.9 Å². The monoisotopic (exact) mass is 355 g/mol. The minimum absolute atomic E-state index is 0.196. The van der Waals surface area contributed by atoms with Gasteiger partial charge in [0.1, 0.15) is 11.4 Å². The van der Waals surface area contributed by atoms with Gasteiger partial charge in [-0.1, -0.05) is 42.5 Å². The third-order valence-corrected chi connectivity index (χ3v) is 4.19. The molecule has 1 fully saturated rings. The van der Waals surface area contributed by atoms with Crippen molar-refractivity contribution in [1.29, 1.82) is 0 Å². The van der Waals surface area contributed by atoms with Crippen LogP contribution in [0.2, 0.25) is 0 Å². The maximum absolute atomic E-state index is 13.0. The van der Waals surface area contributed by atoms with Crippen LogP contribution in [0.25, 0.3) is 0 Å². The van der Waals surface area contributed by atoms with Gasteiger partial charge in [-0.05, 0) is 38.5 Å². The predicted octanol–water partition coefficient (Wildman–Crippen LogP) is 4.70. The molecule has 5 nitrogen and oxygen atoms in total. The molecule has 0 radical (unpaired) electrons. The standard InChI is InChI=1S/C21H25NO4/c1-21(2,3)26-20(23)22-18(15-8-6-5-7-9-15)14-25-19(22)16-10-12-17(24-4)13-11-16/h5-13,18-19H,14H2,1-4H3. The molecule has 1 saturated heterocycles. The summed E-state index contributed by atoms with van der Waals surface area (Å²) in [6, 6.07) is 17.2. The number of benzene rings is 2. The number of ether oxygens (including phenoxy) is 3. The number of amides is 1. The molecule has 0 N–H and O–H groups in total. The van der Waals surface area contributed by atoms with Crippen LogP contribution < -0.4 is 4.74 Å². The van der Waals surface area contributed by atoms with Crippen molar-refractivity contribution in [3.63, 3.8) is 0 Å². The van der Waals surface area contributed by atoms with Crippen molar-refractivity contribution in [3.8, 4) is 5.75 Å². The number of hydrogen-bond acceptors (Lipinski definition) is 4. The van der Waals surface area contributed by atoms with Crippen molar-refractivity contribution < 1.29 is 19.0 Å². The molecular formula is C21H25NO4. The van der Waals surface area contributed by atoms with Crippen molar-refractivity contribution in [2.75, 3.05) is 13.7 Å². The third-order valence-electron chi connectivity index (χ3n) is 4.19. The van der Waals surface area contributed by atoms with Crippen molar-refractivity contribution >= 4 is 6.09 Å². The lowest BCUT2D eigenvalue weighted by molar-refractivity contribution is -0.0142. The summed E-state index contributed by atoms with van der Waals surface area (Å²) in [5.74, 6) is 0.759. The summed E-state index contributed by atoms with van der Waals surface area (Å²) in [6.45, 7) is 6.01. The van der Waals surface area contributed by atoms with E-state index in [9.17, 15) is 4.79 Å². The van der Waals surface area contributed by atoms with Crippen LogP contribution in [0, 0.1) is 0 Å². The SMILES string of the molecule is COc1ccc(C2OCC(c3ccccc3)N2C(=O)OC(C)(C)C)cc1. The number of methoxy groups -OCH3 is 1. The summed E-state index contributed by atoms with van der Waals surface area (Å²) in [7, 11) is 1.62. The van der Waals surface area contributed by atoms with E-state index in [2.05, 4.69) is 0 Å². The predicted molar refractivity (Wildman–Crippen MR) is 98.9 cm³/mol. The van der Waals surface area contributed by atoms with Crippen molar-refractivity contribution in [2.45, 2.75) is 38.6 Å². The fourth-order valence-corrected chi connectivity index (χ4v) is 3.00. The van der Waals surface area contributed by atoms with E-state index in [1.807, 2.05) is 75.4 Å². The fraction of sp³-hybridized carbons (Fsp3) is 0.381. The Bertz CT molecular complexity index is 737. The highest BCUT2D eigenvalue weighted by Gasteiger charge is 2.41. The molecule has 138 valence electrons. The number of hydrogen-bond donors (Lipinski definition) is 0. The minimum Gasteiger partial charge on any atom is -0.497 e. The highest BCUT2D eigenvalue weighted by Crippen LogP contribution is 2.40. The third kappa shape index (κ3) is 3.99. The largest absolute Gasteiger partial charge is 0.497 e. The van der Waals surface area contributed by atoms with Crippen molar-refractivity contribution in [2.24, 2.45) is 0 Å². The molecule has 2 unspecified atom stereocenters. The van der Waals surface area contributed by atoms with Gasteiger partial charge in [-0.3, -0.25) is 4.90 Å². The van der Waals surface area contributed by atoms with Crippen LogP contribution in [0.5, 0.6) is 5.75 Å². The quantitative estimate of drug-likeness (QED) is 0.800. The molecule has 26 heavy (non-hydrogen) atoms. The average molecular weight is 355 g/mol. The number of carbonyl (C=O) groups is 1. The smallest absolute Gasteiger partial charge is 0.413 e. The van der Waals surface area contributed by atoms with Gasteiger partial charge in [0.25, 0.3) is 0 Å². The van der Waals surface area contributed by atoms with Crippen LogP contribution in [0.1, 0.15) is 44.2 Å². The Morgan fingerprint density at radius 1 is 1.04 bits per heavy atom. The van der Waals surface area contributed by atoms with Gasteiger partial charge < -0.3 is 14.2 Å². The normalized spacial score (nSPS) is 20.1. The molecule has 1 amide bonds. The van der Waals surface area contributed by atoms with Gasteiger partial charge in [0.2, 0.25) is 0 Å². The Kier molecular flexibility index (Phi) is 5.18. The molecular weight excluding hydrogens is 330 g/mol. The Morgan fingerprint density at radius 3 is 2.27 bits per heavy atom. The van der Waals surface area contributed by atoms with Crippen molar-refractivity contribution in [3.05, 3.63) is 65.7 Å². The second kappa shape index (κ2) is 7.38. The minimum atomic E-state index is -0.578. The van der Waals surface area contributed by atoms with E-state index in [0.29, 0.717) is 6.61 Å². The highest BCUT2D eigenvalue weighted by molar-refractivity contribution is 5.70. The first-order valence-electron chi connectivity index (χ1n) is 8.71. The van der Waals surface area contributed by atoms with Gasteiger partial charge in [0.05, 0.1) is 19.8 Å². The molecule has 1 heterocycles. The lowest BCUT2D eigenvalue weighted by Crippen LogP contribution is -2.38. The molecule has 5 heteroatoms. The molecule has 0 spiro atoms. The summed E-state index contributed by atoms with van der Waals surface area (Å²) >= 11 is 0. The molecule has 0 aromatic heterocycles. The lowest BCUT2D eigenvalue weighted by atomic mass is 10.1. The topological polar surface area (TPSA) is 48.0 Å². The zero-order chi connectivity index (χ0) is 18.7. The molecule has 2 aromatic carbocycles. The first-order valence-corrected chi connectivity index (χ1v) is 8.71. The zero-order valence-electron chi connectivity index (χ0n) is 15.6. The Labute approximate surface area is 154 Å². The lowest BCUT2D eigenvalue weighted by Gasteiger charge is -2.31. The van der Waals surface area contributed by atoms with E-state index in [1.54, 1.807) is 12.0 Å². The zero-order valence-corrected chi connectivity index (χ0v) is 15.6. The van der Waals surface area contributed by atoms with E-state index >= 15 is 0 Å². The van der Waals surface area contributed by atoms with E-state index in [4.69, 9.17) is 14.2 Å². The van der Waals surface area contributed by atoms with E-state index < -0.39 is 11.8 Å². The Morgan fingerprint density at radius 2 is 1.69 bits per heavy atom. The average Bonchev–Trinajstić information content (AvgIpc) is 3.06. The molecule has 2 atom stereocenters. The van der Waals surface area contributed by atoms with Crippen LogP contribution in [-0.2, 0) is 9.47 Å². The molecule has 2 aromatic rings. The molecule has 1 aliphatic rings. The highest BCUT2D eigenvalue weighted by atomic mass is 16.6. The van der Waals surface area contributed by atoms with Crippen LogP contribution in [0.3, 0.4) is 0 Å². The van der Waals surface area contributed by atoms with Gasteiger partial charge in [0, 0.05) is 5.56 Å². The van der Waals surface area contributed by atoms with Gasteiger partial charge in [0.15, 0.2) is 6.23 Å². The number of nitrogens with zero attached hydrogens (tertiary/aromatic N) is 1. The van der Waals surface area contributed by atoms with Crippen molar-refractivity contribution in [1.82, 2.24) is 4.90 Å². The van der Waals surface area contributed by atoms with Gasteiger partial charge in [-0.25, -0.2) is 4.79 Å². The van der Waals surface area contributed by atoms with Gasteiger partial charge in [-0.2, -0.15) is 0 Å². The Hall–Kier alpha value is -2.53. The van der Waals surface area contributed by atoms with Crippen LogP contribution >= 0.6 is 0 Å². The maximum atomic E-state index is 13.0. The molecule has 0 bridgehead atoms. The molecule has 0 saturated carbocycles. The fourth-order valence-electron chi connectivity index (χ4n) is 3.00. The summed E-state index contributed by atoms with van der Waals surface area (Å²) in [5, 5.41) is 0. The van der Waals surface area contributed by atoms with Gasteiger partial charge >= 0.3 is 6.09 Å². The van der Waals surface area contributed by atoms with E-state index in [-0.39, 0.29) is 12.1 Å². The summed E-state index contributed by atoms with van der Waals surface area (Å²) < 4.78 is 16.9. The number of carbonyl (C=O) groups excluding carboxylic acids is 1. The first kappa shape index (κ1) is 18.3. The summed E-state index contributed by atoms with van der Waals surface area (Å²) in [5.41, 5.74) is 1.33. The second-order valence-electron chi connectivity index (χ2n) is 7.27.